The Morgan fingerprint density at radius 3 is 1.46 bits per heavy atom. The molecule has 0 amide bonds. The fraction of sp³-hybridized carbons (Fsp3) is 0.262. The Labute approximate surface area is 293 Å². The lowest BCUT2D eigenvalue weighted by atomic mass is 9.97. The third-order valence-corrected chi connectivity index (χ3v) is 8.49. The summed E-state index contributed by atoms with van der Waals surface area (Å²) in [4.78, 5) is 12.0. The third kappa shape index (κ3) is 9.95. The van der Waals surface area contributed by atoms with Crippen LogP contribution in [0.5, 0.6) is 0 Å². The molecule has 0 unspecified atom stereocenters. The van der Waals surface area contributed by atoms with Crippen molar-refractivity contribution in [2.75, 3.05) is 6.61 Å². The van der Waals surface area contributed by atoms with Crippen molar-refractivity contribution in [3.63, 3.8) is 0 Å². The maximum absolute atomic E-state index is 12.0. The Kier molecular flexibility index (Phi) is 12.9. The molecule has 0 radical (unpaired) electrons. The van der Waals surface area contributed by atoms with E-state index in [1.54, 1.807) is 24.3 Å². The van der Waals surface area contributed by atoms with Crippen LogP contribution in [0.3, 0.4) is 0 Å². The number of carboxylic acid groups (broad SMARTS) is 1. The van der Waals surface area contributed by atoms with Gasteiger partial charge in [-0.3, -0.25) is 0 Å². The van der Waals surface area contributed by atoms with E-state index in [9.17, 15) is 9.90 Å². The van der Waals surface area contributed by atoms with E-state index in [2.05, 4.69) is 0 Å². The van der Waals surface area contributed by atoms with Gasteiger partial charge in [0, 0.05) is 0 Å². The van der Waals surface area contributed by atoms with Crippen LogP contribution in [0.1, 0.15) is 38.2 Å². The molecule has 0 saturated carbocycles. The predicted octanol–water partition coefficient (Wildman–Crippen LogP) is 7.60. The minimum Gasteiger partial charge on any atom is -0.478 e. The van der Waals surface area contributed by atoms with E-state index in [1.165, 1.54) is 0 Å². The second-order valence-corrected chi connectivity index (χ2v) is 12.1. The maximum atomic E-state index is 12.0. The molecule has 50 heavy (non-hydrogen) atoms. The van der Waals surface area contributed by atoms with E-state index in [0.29, 0.717) is 25.4 Å². The van der Waals surface area contributed by atoms with E-state index in [0.717, 1.165) is 22.3 Å². The van der Waals surface area contributed by atoms with Gasteiger partial charge in [0.05, 0.1) is 45.2 Å². The Morgan fingerprint density at radius 1 is 0.500 bits per heavy atom. The van der Waals surface area contributed by atoms with E-state index < -0.39 is 36.7 Å². The molecule has 8 nitrogen and oxygen atoms in total. The first-order chi connectivity index (χ1) is 24.6. The highest BCUT2D eigenvalue weighted by Crippen LogP contribution is 2.32. The number of carboxylic acids is 1. The summed E-state index contributed by atoms with van der Waals surface area (Å²) in [6.07, 6.45) is -3.56. The molecule has 0 aliphatic carbocycles. The van der Waals surface area contributed by atoms with Gasteiger partial charge in [-0.1, -0.05) is 140 Å². The van der Waals surface area contributed by atoms with Crippen LogP contribution in [-0.2, 0) is 61.5 Å². The third-order valence-electron chi connectivity index (χ3n) is 8.49. The highest BCUT2D eigenvalue weighted by atomic mass is 16.7. The molecular formula is C42H42O8. The summed E-state index contributed by atoms with van der Waals surface area (Å²) in [5, 5.41) is 9.84. The molecular weight excluding hydrogens is 632 g/mol. The average Bonchev–Trinajstić information content (AvgIpc) is 3.17. The summed E-state index contributed by atoms with van der Waals surface area (Å²) in [5.41, 5.74) is 4.68. The van der Waals surface area contributed by atoms with Crippen molar-refractivity contribution in [1.82, 2.24) is 0 Å². The summed E-state index contributed by atoms with van der Waals surface area (Å²) in [5.74, 6) is -1.03. The predicted molar refractivity (Wildman–Crippen MR) is 188 cm³/mol. The van der Waals surface area contributed by atoms with E-state index in [-0.39, 0.29) is 25.4 Å². The van der Waals surface area contributed by atoms with Crippen LogP contribution in [-0.4, -0.2) is 48.4 Å². The molecule has 5 aromatic carbocycles. The first kappa shape index (κ1) is 35.2. The molecule has 5 aromatic rings. The molecule has 5 atom stereocenters. The van der Waals surface area contributed by atoms with Crippen molar-refractivity contribution in [3.05, 3.63) is 179 Å². The van der Waals surface area contributed by atoms with Gasteiger partial charge in [0.2, 0.25) is 0 Å². The van der Waals surface area contributed by atoms with Gasteiger partial charge < -0.3 is 33.5 Å². The molecule has 1 aliphatic rings. The van der Waals surface area contributed by atoms with Crippen molar-refractivity contribution in [3.8, 4) is 0 Å². The van der Waals surface area contributed by atoms with Crippen LogP contribution < -0.4 is 0 Å². The lowest BCUT2D eigenvalue weighted by Gasteiger charge is -2.46. The standard InChI is InChI=1S/C42H42O8/c43-41(44)36-24-14-13-23-35(36)29-49-42-40(48-28-34-21-11-4-12-22-34)39(47-27-33-19-9-3-10-20-33)38(46-26-32-17-7-2-8-18-32)37(50-42)30-45-25-31-15-5-1-6-16-31/h1-24,37-40,42H,25-30H2,(H,43,44)/t37-,38-,39+,40-,42+/m1/s1. The number of hydrogen-bond acceptors (Lipinski definition) is 7. The Hall–Kier alpha value is -4.67. The zero-order valence-electron chi connectivity index (χ0n) is 27.8. The normalized spacial score (nSPS) is 20.4. The largest absolute Gasteiger partial charge is 0.478 e. The number of benzene rings is 5. The van der Waals surface area contributed by atoms with Crippen molar-refractivity contribution in [2.24, 2.45) is 0 Å². The highest BCUT2D eigenvalue weighted by Gasteiger charge is 2.49. The van der Waals surface area contributed by atoms with Gasteiger partial charge in [0.25, 0.3) is 0 Å². The monoisotopic (exact) mass is 674 g/mol. The number of hydrogen-bond donors (Lipinski definition) is 1. The molecule has 0 aromatic heterocycles. The summed E-state index contributed by atoms with van der Waals surface area (Å²) in [6, 6.07) is 46.5. The van der Waals surface area contributed by atoms with Crippen LogP contribution in [0.4, 0.5) is 0 Å². The van der Waals surface area contributed by atoms with Gasteiger partial charge >= 0.3 is 5.97 Å². The second kappa shape index (κ2) is 18.4. The minimum absolute atomic E-state index is 0.0170. The van der Waals surface area contributed by atoms with Crippen LogP contribution >= 0.6 is 0 Å². The smallest absolute Gasteiger partial charge is 0.336 e. The Morgan fingerprint density at radius 2 is 0.940 bits per heavy atom. The van der Waals surface area contributed by atoms with E-state index >= 15 is 0 Å². The zero-order chi connectivity index (χ0) is 34.4. The van der Waals surface area contributed by atoms with Crippen LogP contribution in [0, 0.1) is 0 Å². The van der Waals surface area contributed by atoms with Crippen molar-refractivity contribution in [1.29, 1.82) is 0 Å². The molecule has 1 aliphatic heterocycles. The van der Waals surface area contributed by atoms with E-state index in [4.69, 9.17) is 28.4 Å². The number of carbonyl (C=O) groups is 1. The topological polar surface area (TPSA) is 92.7 Å². The molecule has 6 rings (SSSR count). The molecule has 0 bridgehead atoms. The SMILES string of the molecule is O=C(O)c1ccccc1CO[C@H]1O[C@H](COCc2ccccc2)[C@@H](OCc2ccccc2)[C@H](OCc2ccccc2)[C@H]1OCc1ccccc1. The molecule has 8 heteroatoms. The van der Waals surface area contributed by atoms with Gasteiger partial charge in [-0.2, -0.15) is 0 Å². The van der Waals surface area contributed by atoms with Crippen molar-refractivity contribution in [2.45, 2.75) is 63.7 Å². The van der Waals surface area contributed by atoms with Gasteiger partial charge in [-0.15, -0.1) is 0 Å². The van der Waals surface area contributed by atoms with Crippen LogP contribution in [0.15, 0.2) is 146 Å². The summed E-state index contributed by atoms with van der Waals surface area (Å²) in [7, 11) is 0. The molecule has 1 heterocycles. The lowest BCUT2D eigenvalue weighted by Crippen LogP contribution is -2.61. The lowest BCUT2D eigenvalue weighted by molar-refractivity contribution is -0.330. The van der Waals surface area contributed by atoms with Gasteiger partial charge in [-0.25, -0.2) is 4.79 Å². The number of rotatable bonds is 17. The van der Waals surface area contributed by atoms with E-state index in [1.807, 2.05) is 121 Å². The Bertz CT molecular complexity index is 1720. The molecule has 1 fully saturated rings. The first-order valence-electron chi connectivity index (χ1n) is 16.8. The summed E-state index contributed by atoms with van der Waals surface area (Å²) >= 11 is 0. The summed E-state index contributed by atoms with van der Waals surface area (Å²) in [6.45, 7) is 1.44. The average molecular weight is 675 g/mol. The molecule has 1 saturated heterocycles. The minimum atomic E-state index is -1.03. The van der Waals surface area contributed by atoms with Gasteiger partial charge in [0.15, 0.2) is 6.29 Å². The molecule has 258 valence electrons. The quantitative estimate of drug-likeness (QED) is 0.108. The fourth-order valence-corrected chi connectivity index (χ4v) is 5.91. The second-order valence-electron chi connectivity index (χ2n) is 12.1. The molecule has 0 spiro atoms. The van der Waals surface area contributed by atoms with Gasteiger partial charge in [-0.05, 0) is 33.9 Å². The van der Waals surface area contributed by atoms with Gasteiger partial charge in [0.1, 0.15) is 24.4 Å². The van der Waals surface area contributed by atoms with Crippen molar-refractivity contribution >= 4 is 5.97 Å². The Balaban J connectivity index is 1.32. The molecule has 1 N–H and O–H groups in total. The summed E-state index contributed by atoms with van der Waals surface area (Å²) < 4.78 is 39.5. The number of ether oxygens (including phenoxy) is 6. The maximum Gasteiger partial charge on any atom is 0.336 e. The highest BCUT2D eigenvalue weighted by molar-refractivity contribution is 5.89. The van der Waals surface area contributed by atoms with Crippen LogP contribution in [0.25, 0.3) is 0 Å². The number of aromatic carboxylic acids is 1. The zero-order valence-corrected chi connectivity index (χ0v) is 27.8. The first-order valence-corrected chi connectivity index (χ1v) is 16.8. The van der Waals surface area contributed by atoms with Crippen LogP contribution in [0.2, 0.25) is 0 Å². The fourth-order valence-electron chi connectivity index (χ4n) is 5.91. The van der Waals surface area contributed by atoms with Crippen molar-refractivity contribution < 1.29 is 38.3 Å².